The van der Waals surface area contributed by atoms with Crippen LogP contribution in [-0.4, -0.2) is 26.9 Å². The van der Waals surface area contributed by atoms with Crippen LogP contribution in [-0.2, 0) is 11.3 Å². The first kappa shape index (κ1) is 14.8. The van der Waals surface area contributed by atoms with Gasteiger partial charge in [0.05, 0.1) is 6.61 Å². The van der Waals surface area contributed by atoms with E-state index in [1.165, 1.54) is 11.1 Å². The number of halogens is 1. The number of hydrogen-bond donors (Lipinski definition) is 1. The van der Waals surface area contributed by atoms with Gasteiger partial charge in [-0.15, -0.1) is 0 Å². The Labute approximate surface area is 123 Å². The standard InChI is InChI=1S/C15H22BrNO2/c1-11-7-14(16)8-13(9-17-2)15(11)19-10-12-3-5-18-6-4-12/h7-8,12,17H,3-6,9-10H2,1-2H3. The third-order valence-electron chi connectivity index (χ3n) is 3.49. The Kier molecular flexibility index (Phi) is 5.67. The highest BCUT2D eigenvalue weighted by Gasteiger charge is 2.16. The molecule has 4 heteroatoms. The van der Waals surface area contributed by atoms with E-state index in [4.69, 9.17) is 9.47 Å². The van der Waals surface area contributed by atoms with Crippen molar-refractivity contribution in [3.8, 4) is 5.75 Å². The predicted octanol–water partition coefficient (Wildman–Crippen LogP) is 3.28. The zero-order valence-corrected chi connectivity index (χ0v) is 13.3. The van der Waals surface area contributed by atoms with Crippen molar-refractivity contribution >= 4 is 15.9 Å². The zero-order chi connectivity index (χ0) is 13.7. The van der Waals surface area contributed by atoms with Gasteiger partial charge in [0.1, 0.15) is 5.75 Å². The molecule has 1 N–H and O–H groups in total. The molecule has 0 atom stereocenters. The van der Waals surface area contributed by atoms with Gasteiger partial charge in [-0.1, -0.05) is 15.9 Å². The van der Waals surface area contributed by atoms with Crippen molar-refractivity contribution < 1.29 is 9.47 Å². The molecule has 0 spiro atoms. The number of hydrogen-bond acceptors (Lipinski definition) is 3. The molecule has 0 radical (unpaired) electrons. The molecule has 0 saturated carbocycles. The van der Waals surface area contributed by atoms with Gasteiger partial charge in [0.2, 0.25) is 0 Å². The number of aryl methyl sites for hydroxylation is 1. The number of rotatable bonds is 5. The molecule has 0 amide bonds. The molecule has 0 aromatic heterocycles. The normalized spacial score (nSPS) is 16.6. The van der Waals surface area contributed by atoms with Crippen molar-refractivity contribution in [2.24, 2.45) is 5.92 Å². The average molecular weight is 328 g/mol. The van der Waals surface area contributed by atoms with Gasteiger partial charge in [-0.25, -0.2) is 0 Å². The summed E-state index contributed by atoms with van der Waals surface area (Å²) in [6.45, 7) is 5.46. The summed E-state index contributed by atoms with van der Waals surface area (Å²) in [7, 11) is 1.96. The zero-order valence-electron chi connectivity index (χ0n) is 11.7. The van der Waals surface area contributed by atoms with Crippen LogP contribution < -0.4 is 10.1 Å². The third-order valence-corrected chi connectivity index (χ3v) is 3.95. The van der Waals surface area contributed by atoms with Crippen molar-refractivity contribution in [1.82, 2.24) is 5.32 Å². The Hall–Kier alpha value is -0.580. The molecular weight excluding hydrogens is 306 g/mol. The van der Waals surface area contributed by atoms with Gasteiger partial charge in [-0.2, -0.15) is 0 Å². The molecule has 3 nitrogen and oxygen atoms in total. The van der Waals surface area contributed by atoms with E-state index in [0.717, 1.165) is 49.4 Å². The molecule has 1 aromatic carbocycles. The van der Waals surface area contributed by atoms with Gasteiger partial charge in [0, 0.05) is 29.8 Å². The molecule has 1 aliphatic heterocycles. The van der Waals surface area contributed by atoms with Crippen molar-refractivity contribution in [2.45, 2.75) is 26.3 Å². The van der Waals surface area contributed by atoms with Crippen molar-refractivity contribution in [2.75, 3.05) is 26.9 Å². The second-order valence-electron chi connectivity index (χ2n) is 5.11. The average Bonchev–Trinajstić information content (AvgIpc) is 2.39. The largest absolute Gasteiger partial charge is 0.493 e. The molecule has 1 heterocycles. The first-order valence-electron chi connectivity index (χ1n) is 6.85. The van der Waals surface area contributed by atoms with E-state index in [1.54, 1.807) is 0 Å². The molecule has 1 fully saturated rings. The van der Waals surface area contributed by atoms with Crippen molar-refractivity contribution in [3.05, 3.63) is 27.7 Å². The minimum Gasteiger partial charge on any atom is -0.493 e. The molecule has 0 aliphatic carbocycles. The lowest BCUT2D eigenvalue weighted by Gasteiger charge is -2.23. The lowest BCUT2D eigenvalue weighted by Crippen LogP contribution is -2.22. The molecule has 106 valence electrons. The van der Waals surface area contributed by atoms with Gasteiger partial charge in [-0.3, -0.25) is 0 Å². The van der Waals surface area contributed by atoms with Crippen LogP contribution in [0.2, 0.25) is 0 Å². The topological polar surface area (TPSA) is 30.5 Å². The van der Waals surface area contributed by atoms with E-state index in [2.05, 4.69) is 40.3 Å². The van der Waals surface area contributed by atoms with Crippen molar-refractivity contribution in [3.63, 3.8) is 0 Å². The highest BCUT2D eigenvalue weighted by atomic mass is 79.9. The van der Waals surface area contributed by atoms with Crippen LogP contribution >= 0.6 is 15.9 Å². The van der Waals surface area contributed by atoms with Crippen LogP contribution in [0, 0.1) is 12.8 Å². The number of benzene rings is 1. The van der Waals surface area contributed by atoms with Crippen LogP contribution in [0.4, 0.5) is 0 Å². The monoisotopic (exact) mass is 327 g/mol. The molecule has 19 heavy (non-hydrogen) atoms. The van der Waals surface area contributed by atoms with Crippen LogP contribution in [0.15, 0.2) is 16.6 Å². The van der Waals surface area contributed by atoms with E-state index < -0.39 is 0 Å². The summed E-state index contributed by atoms with van der Waals surface area (Å²) >= 11 is 3.54. The highest BCUT2D eigenvalue weighted by Crippen LogP contribution is 2.29. The predicted molar refractivity (Wildman–Crippen MR) is 80.7 cm³/mol. The van der Waals surface area contributed by atoms with E-state index >= 15 is 0 Å². The quantitative estimate of drug-likeness (QED) is 0.900. The first-order chi connectivity index (χ1) is 9.20. The highest BCUT2D eigenvalue weighted by molar-refractivity contribution is 9.10. The fourth-order valence-corrected chi connectivity index (χ4v) is 3.06. The Bertz CT molecular complexity index is 417. The van der Waals surface area contributed by atoms with Gasteiger partial charge < -0.3 is 14.8 Å². The third kappa shape index (κ3) is 4.20. The fraction of sp³-hybridized carbons (Fsp3) is 0.600. The molecule has 0 bridgehead atoms. The molecule has 1 aromatic rings. The Morgan fingerprint density at radius 1 is 1.37 bits per heavy atom. The van der Waals surface area contributed by atoms with Gasteiger partial charge in [-0.05, 0) is 50.4 Å². The minimum absolute atomic E-state index is 0.624. The van der Waals surface area contributed by atoms with E-state index in [9.17, 15) is 0 Å². The molecule has 1 saturated heterocycles. The molecule has 1 aliphatic rings. The smallest absolute Gasteiger partial charge is 0.126 e. The number of nitrogens with one attached hydrogen (secondary N) is 1. The second kappa shape index (κ2) is 7.27. The summed E-state index contributed by atoms with van der Waals surface area (Å²) < 4.78 is 12.6. The first-order valence-corrected chi connectivity index (χ1v) is 7.64. The summed E-state index contributed by atoms with van der Waals surface area (Å²) in [6.07, 6.45) is 2.22. The van der Waals surface area contributed by atoms with Gasteiger partial charge in [0.25, 0.3) is 0 Å². The Morgan fingerprint density at radius 3 is 2.79 bits per heavy atom. The lowest BCUT2D eigenvalue weighted by atomic mass is 10.0. The SMILES string of the molecule is CNCc1cc(Br)cc(C)c1OCC1CCOCC1. The van der Waals surface area contributed by atoms with Crippen molar-refractivity contribution in [1.29, 1.82) is 0 Å². The lowest BCUT2D eigenvalue weighted by molar-refractivity contribution is 0.0495. The molecular formula is C15H22BrNO2. The second-order valence-corrected chi connectivity index (χ2v) is 6.02. The van der Waals surface area contributed by atoms with E-state index in [0.29, 0.717) is 5.92 Å². The maximum Gasteiger partial charge on any atom is 0.126 e. The number of ether oxygens (including phenoxy) is 2. The maximum atomic E-state index is 6.10. The Morgan fingerprint density at radius 2 is 2.11 bits per heavy atom. The summed E-state index contributed by atoms with van der Waals surface area (Å²) in [5.74, 6) is 1.66. The van der Waals surface area contributed by atoms with Gasteiger partial charge in [0.15, 0.2) is 0 Å². The van der Waals surface area contributed by atoms with Crippen LogP contribution in [0.1, 0.15) is 24.0 Å². The maximum absolute atomic E-state index is 6.10. The summed E-state index contributed by atoms with van der Waals surface area (Å²) in [5, 5.41) is 3.20. The van der Waals surface area contributed by atoms with Gasteiger partial charge >= 0.3 is 0 Å². The summed E-state index contributed by atoms with van der Waals surface area (Å²) in [5.41, 5.74) is 2.40. The van der Waals surface area contributed by atoms with E-state index in [1.807, 2.05) is 7.05 Å². The van der Waals surface area contributed by atoms with Crippen LogP contribution in [0.25, 0.3) is 0 Å². The van der Waals surface area contributed by atoms with Crippen LogP contribution in [0.5, 0.6) is 5.75 Å². The molecule has 2 rings (SSSR count). The summed E-state index contributed by atoms with van der Waals surface area (Å²) in [4.78, 5) is 0. The minimum atomic E-state index is 0.624. The van der Waals surface area contributed by atoms with Crippen LogP contribution in [0.3, 0.4) is 0 Å². The fourth-order valence-electron chi connectivity index (χ4n) is 2.44. The Balaban J connectivity index is 2.05. The molecule has 0 unspecified atom stereocenters. The van der Waals surface area contributed by atoms with E-state index in [-0.39, 0.29) is 0 Å². The summed E-state index contributed by atoms with van der Waals surface area (Å²) in [6, 6.07) is 4.24.